The minimum Gasteiger partial charge on any atom is -0.393 e. The van der Waals surface area contributed by atoms with Crippen molar-refractivity contribution in [3.63, 3.8) is 0 Å². The van der Waals surface area contributed by atoms with E-state index in [0.29, 0.717) is 5.92 Å². The highest BCUT2D eigenvalue weighted by Gasteiger charge is 2.17. The van der Waals surface area contributed by atoms with E-state index in [1.807, 2.05) is 0 Å². The first kappa shape index (κ1) is 6.81. The van der Waals surface area contributed by atoms with Gasteiger partial charge in [0.1, 0.15) is 0 Å². The number of aliphatic hydroxyl groups excluding tert-OH is 1. The number of aliphatic hydroxyl groups is 1. The second-order valence-corrected chi connectivity index (χ2v) is 3.03. The topological polar surface area (TPSA) is 20.2 Å². The highest BCUT2D eigenvalue weighted by Crippen LogP contribution is 2.22. The maximum atomic E-state index is 9.31. The molecule has 2 unspecified atom stereocenters. The van der Waals surface area contributed by atoms with E-state index < -0.39 is 0 Å². The molecule has 9 heavy (non-hydrogen) atoms. The van der Waals surface area contributed by atoms with E-state index in [2.05, 4.69) is 19.9 Å². The van der Waals surface area contributed by atoms with Gasteiger partial charge in [-0.3, -0.25) is 0 Å². The van der Waals surface area contributed by atoms with E-state index in [4.69, 9.17) is 0 Å². The van der Waals surface area contributed by atoms with Crippen LogP contribution in [0.3, 0.4) is 0 Å². The molecule has 1 aliphatic carbocycles. The normalized spacial score (nSPS) is 36.1. The zero-order valence-corrected chi connectivity index (χ0v) is 6.09. The molecule has 0 fully saturated rings. The van der Waals surface area contributed by atoms with Crippen molar-refractivity contribution in [2.75, 3.05) is 0 Å². The Hall–Kier alpha value is -0.300. The second-order valence-electron chi connectivity index (χ2n) is 3.03. The Labute approximate surface area is 56.4 Å². The zero-order valence-electron chi connectivity index (χ0n) is 6.09. The van der Waals surface area contributed by atoms with Crippen molar-refractivity contribution in [1.82, 2.24) is 0 Å². The molecule has 0 heterocycles. The van der Waals surface area contributed by atoms with E-state index in [1.165, 1.54) is 5.57 Å². The van der Waals surface area contributed by atoms with Crippen LogP contribution in [0.15, 0.2) is 11.6 Å². The molecule has 52 valence electrons. The predicted molar refractivity (Wildman–Crippen MR) is 38.2 cm³/mol. The van der Waals surface area contributed by atoms with Gasteiger partial charge in [0, 0.05) is 0 Å². The first-order valence-corrected chi connectivity index (χ1v) is 3.54. The summed E-state index contributed by atoms with van der Waals surface area (Å²) in [4.78, 5) is 0. The molecule has 0 bridgehead atoms. The van der Waals surface area contributed by atoms with Crippen LogP contribution in [0.25, 0.3) is 0 Å². The summed E-state index contributed by atoms with van der Waals surface area (Å²) in [5.41, 5.74) is 1.33. The minimum atomic E-state index is -0.0880. The van der Waals surface area contributed by atoms with E-state index in [-0.39, 0.29) is 6.10 Å². The van der Waals surface area contributed by atoms with Crippen LogP contribution in [0.4, 0.5) is 0 Å². The van der Waals surface area contributed by atoms with Crippen LogP contribution < -0.4 is 0 Å². The summed E-state index contributed by atoms with van der Waals surface area (Å²) < 4.78 is 0. The van der Waals surface area contributed by atoms with Gasteiger partial charge in [-0.25, -0.2) is 0 Å². The van der Waals surface area contributed by atoms with E-state index >= 15 is 0 Å². The van der Waals surface area contributed by atoms with Gasteiger partial charge in [0.05, 0.1) is 6.10 Å². The Bertz CT molecular complexity index is 127. The zero-order chi connectivity index (χ0) is 6.85. The van der Waals surface area contributed by atoms with Gasteiger partial charge in [-0.1, -0.05) is 18.6 Å². The molecule has 0 saturated carbocycles. The third kappa shape index (κ3) is 1.55. The quantitative estimate of drug-likeness (QED) is 0.490. The summed E-state index contributed by atoms with van der Waals surface area (Å²) >= 11 is 0. The Kier molecular flexibility index (Phi) is 1.91. The molecule has 1 N–H and O–H groups in total. The molecule has 0 aliphatic heterocycles. The Morgan fingerprint density at radius 3 is 2.78 bits per heavy atom. The van der Waals surface area contributed by atoms with Crippen LogP contribution in [0, 0.1) is 5.92 Å². The molecule has 0 radical (unpaired) electrons. The van der Waals surface area contributed by atoms with Crippen molar-refractivity contribution in [3.05, 3.63) is 11.6 Å². The molecule has 0 aromatic heterocycles. The van der Waals surface area contributed by atoms with Crippen LogP contribution in [0.1, 0.15) is 26.7 Å². The van der Waals surface area contributed by atoms with Crippen LogP contribution >= 0.6 is 0 Å². The lowest BCUT2D eigenvalue weighted by atomic mass is 9.89. The van der Waals surface area contributed by atoms with Gasteiger partial charge >= 0.3 is 0 Å². The van der Waals surface area contributed by atoms with Crippen molar-refractivity contribution >= 4 is 0 Å². The second kappa shape index (κ2) is 2.53. The molecular formula is C8H14O. The standard InChI is InChI=1S/C8H14O/c1-6-3-4-7(2)8(9)5-6/h3,7-9H,4-5H2,1-2H3. The summed E-state index contributed by atoms with van der Waals surface area (Å²) in [6.07, 6.45) is 4.06. The fraction of sp³-hybridized carbons (Fsp3) is 0.750. The Morgan fingerprint density at radius 2 is 2.33 bits per heavy atom. The highest BCUT2D eigenvalue weighted by molar-refractivity contribution is 5.05. The molecule has 1 aliphatic rings. The molecular weight excluding hydrogens is 112 g/mol. The van der Waals surface area contributed by atoms with Crippen molar-refractivity contribution in [2.45, 2.75) is 32.8 Å². The fourth-order valence-electron chi connectivity index (χ4n) is 1.16. The maximum Gasteiger partial charge on any atom is 0.0605 e. The lowest BCUT2D eigenvalue weighted by molar-refractivity contribution is 0.112. The Balaban J connectivity index is 2.54. The van der Waals surface area contributed by atoms with Crippen LogP contribution in [0.5, 0.6) is 0 Å². The van der Waals surface area contributed by atoms with E-state index in [1.54, 1.807) is 0 Å². The fourth-order valence-corrected chi connectivity index (χ4v) is 1.16. The minimum absolute atomic E-state index is 0.0880. The van der Waals surface area contributed by atoms with Gasteiger partial charge < -0.3 is 5.11 Å². The van der Waals surface area contributed by atoms with Gasteiger partial charge in [0.15, 0.2) is 0 Å². The number of rotatable bonds is 0. The van der Waals surface area contributed by atoms with Crippen LogP contribution in [-0.4, -0.2) is 11.2 Å². The van der Waals surface area contributed by atoms with Gasteiger partial charge in [0.2, 0.25) is 0 Å². The smallest absolute Gasteiger partial charge is 0.0605 e. The summed E-state index contributed by atoms with van der Waals surface area (Å²) in [5, 5.41) is 9.31. The lowest BCUT2D eigenvalue weighted by Crippen LogP contribution is -2.20. The molecule has 0 saturated heterocycles. The van der Waals surface area contributed by atoms with Gasteiger partial charge in [-0.15, -0.1) is 0 Å². The van der Waals surface area contributed by atoms with E-state index in [9.17, 15) is 5.11 Å². The first-order chi connectivity index (χ1) is 4.20. The molecule has 0 spiro atoms. The third-order valence-electron chi connectivity index (χ3n) is 2.03. The lowest BCUT2D eigenvalue weighted by Gasteiger charge is -2.22. The summed E-state index contributed by atoms with van der Waals surface area (Å²) in [6, 6.07) is 0. The summed E-state index contributed by atoms with van der Waals surface area (Å²) in [7, 11) is 0. The van der Waals surface area contributed by atoms with E-state index in [0.717, 1.165) is 12.8 Å². The average molecular weight is 126 g/mol. The molecule has 0 amide bonds. The SMILES string of the molecule is CC1=CCC(C)C(O)C1. The van der Waals surface area contributed by atoms with Crippen molar-refractivity contribution in [3.8, 4) is 0 Å². The molecule has 2 atom stereocenters. The van der Waals surface area contributed by atoms with Gasteiger partial charge in [0.25, 0.3) is 0 Å². The maximum absolute atomic E-state index is 9.31. The highest BCUT2D eigenvalue weighted by atomic mass is 16.3. The number of hydrogen-bond donors (Lipinski definition) is 1. The first-order valence-electron chi connectivity index (χ1n) is 3.54. The van der Waals surface area contributed by atoms with Crippen molar-refractivity contribution in [1.29, 1.82) is 0 Å². The largest absolute Gasteiger partial charge is 0.393 e. The van der Waals surface area contributed by atoms with Crippen LogP contribution in [-0.2, 0) is 0 Å². The molecule has 0 aromatic carbocycles. The monoisotopic (exact) mass is 126 g/mol. The van der Waals surface area contributed by atoms with Gasteiger partial charge in [-0.2, -0.15) is 0 Å². The molecule has 0 aromatic rings. The summed E-state index contributed by atoms with van der Waals surface area (Å²) in [6.45, 7) is 4.17. The molecule has 1 rings (SSSR count). The van der Waals surface area contributed by atoms with Crippen LogP contribution in [0.2, 0.25) is 0 Å². The molecule has 1 heteroatoms. The predicted octanol–water partition coefficient (Wildman–Crippen LogP) is 1.72. The number of allylic oxidation sites excluding steroid dienone is 1. The summed E-state index contributed by atoms with van der Waals surface area (Å²) in [5.74, 6) is 0.466. The average Bonchev–Trinajstić information content (AvgIpc) is 1.80. The Morgan fingerprint density at radius 1 is 1.67 bits per heavy atom. The van der Waals surface area contributed by atoms with Crippen molar-refractivity contribution < 1.29 is 5.11 Å². The number of hydrogen-bond acceptors (Lipinski definition) is 1. The van der Waals surface area contributed by atoms with Crippen molar-refractivity contribution in [2.24, 2.45) is 5.92 Å². The van der Waals surface area contributed by atoms with Gasteiger partial charge in [-0.05, 0) is 25.7 Å². The molecule has 1 nitrogen and oxygen atoms in total. The third-order valence-corrected chi connectivity index (χ3v) is 2.03.